The molecular formula is C14H30NO4P. The molecule has 120 valence electrons. The highest BCUT2D eigenvalue weighted by molar-refractivity contribution is 7.45. The molecule has 0 spiro atoms. The molecule has 5 nitrogen and oxygen atoms in total. The Bertz CT molecular complexity index is 311. The van der Waals surface area contributed by atoms with Crippen LogP contribution in [0.25, 0.3) is 0 Å². The van der Waals surface area contributed by atoms with E-state index in [0.717, 1.165) is 18.8 Å². The Kier molecular flexibility index (Phi) is 7.70. The van der Waals surface area contributed by atoms with Gasteiger partial charge in [0.25, 0.3) is 7.82 Å². The topological polar surface area (TPSA) is 58.6 Å². The molecule has 1 saturated carbocycles. The predicted molar refractivity (Wildman–Crippen MR) is 78.2 cm³/mol. The Labute approximate surface area is 123 Å². The molecule has 0 aromatic rings. The number of likely N-dealkylation sites (N-methyl/N-ethyl adjacent to an activating group) is 1. The summed E-state index contributed by atoms with van der Waals surface area (Å²) < 4.78 is 22.0. The van der Waals surface area contributed by atoms with Crippen LogP contribution in [0.3, 0.4) is 0 Å². The van der Waals surface area contributed by atoms with Gasteiger partial charge in [-0.2, -0.15) is 0 Å². The first-order valence-corrected chi connectivity index (χ1v) is 9.15. The molecule has 0 heterocycles. The molecule has 6 heteroatoms. The normalized spacial score (nSPS) is 20.8. The van der Waals surface area contributed by atoms with Gasteiger partial charge in [0.2, 0.25) is 0 Å². The molecule has 1 unspecified atom stereocenters. The van der Waals surface area contributed by atoms with Crippen LogP contribution >= 0.6 is 7.82 Å². The molecule has 0 amide bonds. The minimum Gasteiger partial charge on any atom is -0.756 e. The number of phosphoric ester groups is 1. The van der Waals surface area contributed by atoms with Crippen molar-refractivity contribution in [3.63, 3.8) is 0 Å². The van der Waals surface area contributed by atoms with Crippen LogP contribution in [0, 0.1) is 5.92 Å². The van der Waals surface area contributed by atoms with E-state index in [1.54, 1.807) is 0 Å². The van der Waals surface area contributed by atoms with Crippen molar-refractivity contribution in [2.75, 3.05) is 40.9 Å². The highest BCUT2D eigenvalue weighted by Gasteiger charge is 2.15. The monoisotopic (exact) mass is 307 g/mol. The van der Waals surface area contributed by atoms with Gasteiger partial charge in [-0.25, -0.2) is 0 Å². The Morgan fingerprint density at radius 3 is 2.30 bits per heavy atom. The maximum Gasteiger partial charge on any atom is 0.268 e. The molecule has 0 saturated heterocycles. The number of hydrogen-bond acceptors (Lipinski definition) is 4. The number of quaternary nitrogens is 1. The van der Waals surface area contributed by atoms with Gasteiger partial charge in [-0.3, -0.25) is 4.57 Å². The molecule has 1 atom stereocenters. The number of rotatable bonds is 9. The first-order chi connectivity index (χ1) is 9.29. The second kappa shape index (κ2) is 8.50. The van der Waals surface area contributed by atoms with Gasteiger partial charge in [0.15, 0.2) is 0 Å². The highest BCUT2D eigenvalue weighted by atomic mass is 31.2. The van der Waals surface area contributed by atoms with E-state index in [-0.39, 0.29) is 13.2 Å². The molecule has 20 heavy (non-hydrogen) atoms. The minimum atomic E-state index is -4.11. The van der Waals surface area contributed by atoms with Crippen molar-refractivity contribution in [2.45, 2.75) is 44.9 Å². The first-order valence-electron chi connectivity index (χ1n) is 7.69. The number of nitrogens with zero attached hydrogens (tertiary/aromatic N) is 1. The van der Waals surface area contributed by atoms with Crippen LogP contribution < -0.4 is 4.89 Å². The zero-order chi connectivity index (χ0) is 15.1. The highest BCUT2D eigenvalue weighted by Crippen LogP contribution is 2.38. The van der Waals surface area contributed by atoms with Gasteiger partial charge >= 0.3 is 0 Å². The van der Waals surface area contributed by atoms with Crippen molar-refractivity contribution in [3.05, 3.63) is 0 Å². The van der Waals surface area contributed by atoms with Crippen LogP contribution in [0.1, 0.15) is 44.9 Å². The Hall–Kier alpha value is 0.0700. The zero-order valence-corrected chi connectivity index (χ0v) is 14.1. The van der Waals surface area contributed by atoms with Gasteiger partial charge in [0.1, 0.15) is 13.2 Å². The van der Waals surface area contributed by atoms with Crippen molar-refractivity contribution in [3.8, 4) is 0 Å². The zero-order valence-electron chi connectivity index (χ0n) is 13.2. The van der Waals surface area contributed by atoms with E-state index in [1.807, 2.05) is 21.1 Å². The second-order valence-corrected chi connectivity index (χ2v) is 8.18. The third-order valence-electron chi connectivity index (χ3n) is 3.74. The predicted octanol–water partition coefficient (Wildman–Crippen LogP) is 2.55. The van der Waals surface area contributed by atoms with Crippen molar-refractivity contribution in [1.82, 2.24) is 0 Å². The lowest BCUT2D eigenvalue weighted by molar-refractivity contribution is -0.870. The van der Waals surface area contributed by atoms with Gasteiger partial charge in [-0.15, -0.1) is 0 Å². The van der Waals surface area contributed by atoms with Crippen molar-refractivity contribution in [1.29, 1.82) is 0 Å². The van der Waals surface area contributed by atoms with Crippen LogP contribution in [0.4, 0.5) is 0 Å². The minimum absolute atomic E-state index is 0.174. The lowest BCUT2D eigenvalue weighted by Crippen LogP contribution is -2.37. The molecule has 1 aliphatic carbocycles. The standard InChI is InChI=1S/C14H30NO4P/c1-15(2,3)11-13-19-20(16,17)18-12-7-10-14-8-5-4-6-9-14/h14H,4-13H2,1-3H3. The fraction of sp³-hybridized carbons (Fsp3) is 1.00. The fourth-order valence-electron chi connectivity index (χ4n) is 2.49. The summed E-state index contributed by atoms with van der Waals surface area (Å²) in [6.45, 7) is 1.06. The molecule has 1 aliphatic rings. The molecule has 1 rings (SSSR count). The van der Waals surface area contributed by atoms with E-state index in [9.17, 15) is 9.46 Å². The smallest absolute Gasteiger partial charge is 0.268 e. The molecule has 0 aromatic heterocycles. The lowest BCUT2D eigenvalue weighted by Gasteiger charge is -2.27. The summed E-state index contributed by atoms with van der Waals surface area (Å²) >= 11 is 0. The maximum absolute atomic E-state index is 11.5. The molecule has 0 radical (unpaired) electrons. The number of hydrogen-bond donors (Lipinski definition) is 0. The van der Waals surface area contributed by atoms with E-state index in [2.05, 4.69) is 0 Å². The molecule has 1 fully saturated rings. The summed E-state index contributed by atoms with van der Waals surface area (Å²) in [7, 11) is 1.86. The summed E-state index contributed by atoms with van der Waals surface area (Å²) in [6.07, 6.45) is 8.43. The van der Waals surface area contributed by atoms with Crippen molar-refractivity contribution < 1.29 is 23.0 Å². The third-order valence-corrected chi connectivity index (χ3v) is 4.74. The quantitative estimate of drug-likeness (QED) is 0.373. The molecular weight excluding hydrogens is 277 g/mol. The molecule has 0 bridgehead atoms. The summed E-state index contributed by atoms with van der Waals surface area (Å²) in [5.74, 6) is 0.762. The Balaban J connectivity index is 2.08. The van der Waals surface area contributed by atoms with E-state index in [4.69, 9.17) is 9.05 Å². The largest absolute Gasteiger partial charge is 0.756 e. The first kappa shape index (κ1) is 18.1. The van der Waals surface area contributed by atoms with Gasteiger partial charge < -0.3 is 18.4 Å². The molecule has 0 N–H and O–H groups in total. The summed E-state index contributed by atoms with van der Waals surface area (Å²) in [6, 6.07) is 0. The van der Waals surface area contributed by atoms with Crippen molar-refractivity contribution >= 4 is 7.82 Å². The maximum atomic E-state index is 11.5. The van der Waals surface area contributed by atoms with Crippen LogP contribution in [0.5, 0.6) is 0 Å². The molecule has 0 aliphatic heterocycles. The number of phosphoric acid groups is 1. The van der Waals surface area contributed by atoms with Crippen LogP contribution in [-0.2, 0) is 13.6 Å². The van der Waals surface area contributed by atoms with Crippen molar-refractivity contribution in [2.24, 2.45) is 5.92 Å². The summed E-state index contributed by atoms with van der Waals surface area (Å²) in [5, 5.41) is 0. The Morgan fingerprint density at radius 2 is 1.70 bits per heavy atom. The third kappa shape index (κ3) is 9.09. The van der Waals surface area contributed by atoms with Crippen LogP contribution in [0.2, 0.25) is 0 Å². The van der Waals surface area contributed by atoms with E-state index >= 15 is 0 Å². The van der Waals surface area contributed by atoms with Crippen LogP contribution in [-0.4, -0.2) is 45.4 Å². The van der Waals surface area contributed by atoms with Gasteiger partial charge in [-0.05, 0) is 18.8 Å². The van der Waals surface area contributed by atoms with E-state index in [1.165, 1.54) is 32.1 Å². The molecule has 0 aromatic carbocycles. The SMILES string of the molecule is C[N+](C)(C)CCOP(=O)([O-])OCCCC1CCCCC1. The van der Waals surface area contributed by atoms with Gasteiger partial charge in [0, 0.05) is 0 Å². The average molecular weight is 307 g/mol. The van der Waals surface area contributed by atoms with Gasteiger partial charge in [0.05, 0.1) is 27.7 Å². The van der Waals surface area contributed by atoms with E-state index < -0.39 is 7.82 Å². The van der Waals surface area contributed by atoms with Gasteiger partial charge in [-0.1, -0.05) is 32.1 Å². The fourth-order valence-corrected chi connectivity index (χ4v) is 3.22. The second-order valence-electron chi connectivity index (χ2n) is 6.77. The summed E-state index contributed by atoms with van der Waals surface area (Å²) in [5.41, 5.74) is 0. The van der Waals surface area contributed by atoms with Crippen LogP contribution in [0.15, 0.2) is 0 Å². The summed E-state index contributed by atoms with van der Waals surface area (Å²) in [4.78, 5) is 11.5. The van der Waals surface area contributed by atoms with E-state index in [0.29, 0.717) is 11.0 Å². The Morgan fingerprint density at radius 1 is 1.10 bits per heavy atom. The average Bonchev–Trinajstić information content (AvgIpc) is 2.34. The lowest BCUT2D eigenvalue weighted by atomic mass is 9.86.